The van der Waals surface area contributed by atoms with E-state index >= 15 is 0 Å². The van der Waals surface area contributed by atoms with Crippen LogP contribution in [0.4, 0.5) is 5.82 Å². The lowest BCUT2D eigenvalue weighted by Crippen LogP contribution is -2.39. The molecule has 2 aromatic heterocycles. The molecule has 0 atom stereocenters. The summed E-state index contributed by atoms with van der Waals surface area (Å²) >= 11 is 0. The van der Waals surface area contributed by atoms with Crippen LogP contribution in [-0.4, -0.2) is 38.4 Å². The molecular formula is C10H14N6O2S. The zero-order valence-electron chi connectivity index (χ0n) is 10.4. The summed E-state index contributed by atoms with van der Waals surface area (Å²) in [5, 5.41) is 0.0347. The lowest BCUT2D eigenvalue weighted by Gasteiger charge is -2.26. The van der Waals surface area contributed by atoms with Crippen molar-refractivity contribution in [2.24, 2.45) is 7.05 Å². The van der Waals surface area contributed by atoms with Crippen LogP contribution < -0.4 is 5.73 Å². The van der Waals surface area contributed by atoms with E-state index in [0.29, 0.717) is 13.1 Å². The van der Waals surface area contributed by atoms with Gasteiger partial charge in [-0.25, -0.2) is 18.4 Å². The van der Waals surface area contributed by atoms with E-state index in [9.17, 15) is 8.42 Å². The number of hydrogen-bond acceptors (Lipinski definition) is 5. The molecule has 0 saturated carbocycles. The van der Waals surface area contributed by atoms with Gasteiger partial charge in [0.25, 0.3) is 10.0 Å². The minimum Gasteiger partial charge on any atom is -0.381 e. The molecule has 8 nitrogen and oxygen atoms in total. The standard InChI is InChI=1S/C10H14N6O2S/c1-14-7-13-9(11)10(14)19(17,18)16-5-4-15-3-2-12-8(15)6-16/h2-3,7H,4-6,11H2,1H3. The molecular weight excluding hydrogens is 268 g/mol. The van der Waals surface area contributed by atoms with Gasteiger partial charge in [-0.1, -0.05) is 0 Å². The lowest BCUT2D eigenvalue weighted by atomic mass is 10.4. The fourth-order valence-electron chi connectivity index (χ4n) is 2.23. The molecule has 1 aliphatic rings. The average molecular weight is 282 g/mol. The van der Waals surface area contributed by atoms with Crippen LogP contribution in [0.25, 0.3) is 0 Å². The lowest BCUT2D eigenvalue weighted by molar-refractivity contribution is 0.333. The zero-order valence-corrected chi connectivity index (χ0v) is 11.2. The highest BCUT2D eigenvalue weighted by Gasteiger charge is 2.32. The molecule has 0 spiro atoms. The summed E-state index contributed by atoms with van der Waals surface area (Å²) in [5.74, 6) is 0.756. The van der Waals surface area contributed by atoms with Crippen LogP contribution in [0.1, 0.15) is 5.82 Å². The van der Waals surface area contributed by atoms with Crippen LogP contribution in [0.5, 0.6) is 0 Å². The SMILES string of the molecule is Cn1cnc(N)c1S(=O)(=O)N1CCn2ccnc2C1. The molecule has 0 amide bonds. The number of nitrogens with two attached hydrogens (primary N) is 1. The Morgan fingerprint density at radius 3 is 2.79 bits per heavy atom. The maximum Gasteiger partial charge on any atom is 0.262 e. The average Bonchev–Trinajstić information content (AvgIpc) is 2.95. The van der Waals surface area contributed by atoms with Crippen molar-refractivity contribution in [1.29, 1.82) is 0 Å². The second-order valence-electron chi connectivity index (χ2n) is 4.42. The van der Waals surface area contributed by atoms with E-state index in [1.54, 1.807) is 13.2 Å². The number of fused-ring (bicyclic) bond motifs is 1. The van der Waals surface area contributed by atoms with Gasteiger partial charge >= 0.3 is 0 Å². The van der Waals surface area contributed by atoms with Crippen molar-refractivity contribution in [2.45, 2.75) is 18.1 Å². The van der Waals surface area contributed by atoms with Crippen molar-refractivity contribution < 1.29 is 8.42 Å². The van der Waals surface area contributed by atoms with Gasteiger partial charge in [0.15, 0.2) is 10.8 Å². The van der Waals surface area contributed by atoms with Gasteiger partial charge in [0.1, 0.15) is 5.82 Å². The maximum absolute atomic E-state index is 12.6. The van der Waals surface area contributed by atoms with E-state index in [1.807, 2.05) is 10.8 Å². The quantitative estimate of drug-likeness (QED) is 0.793. The number of rotatable bonds is 2. The number of nitrogen functional groups attached to an aromatic ring is 1. The van der Waals surface area contributed by atoms with E-state index in [0.717, 1.165) is 5.82 Å². The highest BCUT2D eigenvalue weighted by molar-refractivity contribution is 7.89. The second-order valence-corrected chi connectivity index (χ2v) is 6.27. The molecule has 2 aromatic rings. The zero-order chi connectivity index (χ0) is 13.6. The number of nitrogens with zero attached hydrogens (tertiary/aromatic N) is 5. The van der Waals surface area contributed by atoms with E-state index in [1.165, 1.54) is 15.2 Å². The second kappa shape index (κ2) is 4.07. The molecule has 2 N–H and O–H groups in total. The molecule has 102 valence electrons. The van der Waals surface area contributed by atoms with Crippen LogP contribution in [-0.2, 0) is 30.2 Å². The van der Waals surface area contributed by atoms with Gasteiger partial charge in [0.2, 0.25) is 0 Å². The Morgan fingerprint density at radius 1 is 1.32 bits per heavy atom. The summed E-state index contributed by atoms with van der Waals surface area (Å²) in [6.45, 7) is 1.24. The smallest absolute Gasteiger partial charge is 0.262 e. The van der Waals surface area contributed by atoms with Gasteiger partial charge in [0, 0.05) is 32.5 Å². The Labute approximate surface area is 110 Å². The number of hydrogen-bond donors (Lipinski definition) is 1. The largest absolute Gasteiger partial charge is 0.381 e. The van der Waals surface area contributed by atoms with E-state index < -0.39 is 10.0 Å². The third-order valence-corrected chi connectivity index (χ3v) is 5.18. The molecule has 0 radical (unpaired) electrons. The summed E-state index contributed by atoms with van der Waals surface area (Å²) in [5.41, 5.74) is 5.65. The summed E-state index contributed by atoms with van der Waals surface area (Å²) in [7, 11) is -2.03. The first-order valence-corrected chi connectivity index (χ1v) is 7.21. The first-order chi connectivity index (χ1) is 9.00. The van der Waals surface area contributed by atoms with E-state index in [2.05, 4.69) is 9.97 Å². The van der Waals surface area contributed by atoms with Gasteiger partial charge in [-0.2, -0.15) is 4.31 Å². The molecule has 0 unspecified atom stereocenters. The molecule has 19 heavy (non-hydrogen) atoms. The fraction of sp³-hybridized carbons (Fsp3) is 0.400. The minimum atomic E-state index is -3.65. The minimum absolute atomic E-state index is 0.0245. The molecule has 9 heteroatoms. The maximum atomic E-state index is 12.6. The van der Waals surface area contributed by atoms with Gasteiger partial charge in [0.05, 0.1) is 12.9 Å². The first-order valence-electron chi connectivity index (χ1n) is 5.77. The predicted molar refractivity (Wildman–Crippen MR) is 67.4 cm³/mol. The summed E-state index contributed by atoms with van der Waals surface area (Å²) in [4.78, 5) is 7.98. The highest BCUT2D eigenvalue weighted by Crippen LogP contribution is 2.23. The summed E-state index contributed by atoms with van der Waals surface area (Å²) < 4.78 is 29.9. The van der Waals surface area contributed by atoms with Crippen molar-refractivity contribution in [3.63, 3.8) is 0 Å². The predicted octanol–water partition coefficient (Wildman–Crippen LogP) is -0.597. The van der Waals surface area contributed by atoms with Crippen molar-refractivity contribution in [1.82, 2.24) is 23.4 Å². The topological polar surface area (TPSA) is 99.0 Å². The molecule has 0 bridgehead atoms. The monoisotopic (exact) mass is 282 g/mol. The normalized spacial score (nSPS) is 16.5. The Bertz CT molecular complexity index is 697. The van der Waals surface area contributed by atoms with Gasteiger partial charge in [-0.3, -0.25) is 0 Å². The molecule has 0 saturated heterocycles. The van der Waals surface area contributed by atoms with Gasteiger partial charge < -0.3 is 14.9 Å². The van der Waals surface area contributed by atoms with Crippen LogP contribution in [0.2, 0.25) is 0 Å². The van der Waals surface area contributed by atoms with Crippen molar-refractivity contribution in [3.8, 4) is 0 Å². The van der Waals surface area contributed by atoms with Crippen molar-refractivity contribution in [2.75, 3.05) is 12.3 Å². The van der Waals surface area contributed by atoms with Crippen LogP contribution >= 0.6 is 0 Å². The van der Waals surface area contributed by atoms with Crippen LogP contribution in [0.3, 0.4) is 0 Å². The van der Waals surface area contributed by atoms with Crippen molar-refractivity contribution >= 4 is 15.8 Å². The Hall–Kier alpha value is -1.87. The third-order valence-electron chi connectivity index (χ3n) is 3.20. The highest BCUT2D eigenvalue weighted by atomic mass is 32.2. The Kier molecular flexibility index (Phi) is 2.61. The summed E-state index contributed by atoms with van der Waals surface area (Å²) in [6, 6.07) is 0. The number of anilines is 1. The number of aryl methyl sites for hydroxylation is 1. The third kappa shape index (κ3) is 1.81. The summed E-state index contributed by atoms with van der Waals surface area (Å²) in [6.07, 6.45) is 4.91. The molecule has 0 aliphatic carbocycles. The molecule has 0 fully saturated rings. The van der Waals surface area contributed by atoms with Crippen LogP contribution in [0, 0.1) is 0 Å². The van der Waals surface area contributed by atoms with Gasteiger partial charge in [-0.05, 0) is 0 Å². The molecule has 0 aromatic carbocycles. The Morgan fingerprint density at radius 2 is 2.11 bits per heavy atom. The first kappa shape index (κ1) is 12.2. The number of imidazole rings is 2. The van der Waals surface area contributed by atoms with E-state index in [-0.39, 0.29) is 17.4 Å². The Balaban J connectivity index is 1.99. The molecule has 3 heterocycles. The number of sulfonamides is 1. The van der Waals surface area contributed by atoms with Crippen LogP contribution in [0.15, 0.2) is 23.7 Å². The fourth-order valence-corrected chi connectivity index (χ4v) is 3.81. The van der Waals surface area contributed by atoms with Gasteiger partial charge in [-0.15, -0.1) is 0 Å². The molecule has 3 rings (SSSR count). The molecule has 1 aliphatic heterocycles. The van der Waals surface area contributed by atoms with Crippen molar-refractivity contribution in [3.05, 3.63) is 24.5 Å². The van der Waals surface area contributed by atoms with E-state index in [4.69, 9.17) is 5.73 Å². The number of aromatic nitrogens is 4.